The Labute approximate surface area is 87.4 Å². The zero-order valence-corrected chi connectivity index (χ0v) is 9.30. The minimum absolute atomic E-state index is 0.449. The highest BCUT2D eigenvalue weighted by atomic mass is 16.5. The van der Waals surface area contributed by atoms with Gasteiger partial charge in [0.05, 0.1) is 6.10 Å². The van der Waals surface area contributed by atoms with Gasteiger partial charge in [0.1, 0.15) is 0 Å². The van der Waals surface area contributed by atoms with E-state index in [0.29, 0.717) is 12.1 Å². The SMILES string of the molecule is COC1CCCC1NCCCCCN. The van der Waals surface area contributed by atoms with Gasteiger partial charge < -0.3 is 15.8 Å². The van der Waals surface area contributed by atoms with Crippen molar-refractivity contribution in [1.82, 2.24) is 5.32 Å². The van der Waals surface area contributed by atoms with E-state index < -0.39 is 0 Å². The van der Waals surface area contributed by atoms with Gasteiger partial charge in [-0.2, -0.15) is 0 Å². The summed E-state index contributed by atoms with van der Waals surface area (Å²) in [5.74, 6) is 0. The molecular formula is C11H24N2O. The van der Waals surface area contributed by atoms with Crippen LogP contribution in [0.5, 0.6) is 0 Å². The first-order valence-corrected chi connectivity index (χ1v) is 5.84. The highest BCUT2D eigenvalue weighted by Crippen LogP contribution is 2.21. The van der Waals surface area contributed by atoms with Gasteiger partial charge in [0, 0.05) is 13.2 Å². The molecule has 0 heterocycles. The van der Waals surface area contributed by atoms with Crippen molar-refractivity contribution in [2.45, 2.75) is 50.7 Å². The highest BCUT2D eigenvalue weighted by molar-refractivity contribution is 4.83. The van der Waals surface area contributed by atoms with Gasteiger partial charge in [-0.1, -0.05) is 6.42 Å². The molecule has 14 heavy (non-hydrogen) atoms. The minimum atomic E-state index is 0.449. The molecule has 0 spiro atoms. The lowest BCUT2D eigenvalue weighted by Gasteiger charge is -2.19. The fourth-order valence-electron chi connectivity index (χ4n) is 2.18. The molecule has 0 radical (unpaired) electrons. The Bertz CT molecular complexity index is 141. The first-order chi connectivity index (χ1) is 6.88. The van der Waals surface area contributed by atoms with Crippen molar-refractivity contribution in [2.24, 2.45) is 5.73 Å². The molecule has 1 aliphatic rings. The summed E-state index contributed by atoms with van der Waals surface area (Å²) in [7, 11) is 1.82. The van der Waals surface area contributed by atoms with Crippen molar-refractivity contribution in [3.05, 3.63) is 0 Å². The first kappa shape index (κ1) is 12.0. The van der Waals surface area contributed by atoms with E-state index in [1.54, 1.807) is 0 Å². The van der Waals surface area contributed by atoms with Crippen molar-refractivity contribution in [2.75, 3.05) is 20.2 Å². The highest BCUT2D eigenvalue weighted by Gasteiger charge is 2.25. The number of nitrogens with one attached hydrogen (secondary N) is 1. The van der Waals surface area contributed by atoms with Crippen LogP contribution in [0, 0.1) is 0 Å². The molecule has 3 nitrogen and oxygen atoms in total. The summed E-state index contributed by atoms with van der Waals surface area (Å²) in [6, 6.07) is 0.595. The lowest BCUT2D eigenvalue weighted by atomic mass is 10.2. The number of hydrogen-bond acceptors (Lipinski definition) is 3. The molecule has 1 saturated carbocycles. The van der Waals surface area contributed by atoms with Crippen LogP contribution in [0.1, 0.15) is 38.5 Å². The standard InChI is InChI=1S/C11H24N2O/c1-14-11-7-5-6-10(11)13-9-4-2-3-8-12/h10-11,13H,2-9,12H2,1H3. The molecule has 2 atom stereocenters. The summed E-state index contributed by atoms with van der Waals surface area (Å²) < 4.78 is 5.42. The topological polar surface area (TPSA) is 47.3 Å². The second kappa shape index (κ2) is 7.21. The van der Waals surface area contributed by atoms with Crippen LogP contribution < -0.4 is 11.1 Å². The van der Waals surface area contributed by atoms with Crippen LogP contribution in [-0.2, 0) is 4.74 Å². The molecule has 1 fully saturated rings. The van der Waals surface area contributed by atoms with Gasteiger partial charge in [-0.15, -0.1) is 0 Å². The van der Waals surface area contributed by atoms with E-state index in [4.69, 9.17) is 10.5 Å². The maximum Gasteiger partial charge on any atom is 0.0724 e. The Morgan fingerprint density at radius 2 is 2.14 bits per heavy atom. The largest absolute Gasteiger partial charge is 0.380 e. The third kappa shape index (κ3) is 3.95. The van der Waals surface area contributed by atoms with Crippen molar-refractivity contribution in [1.29, 1.82) is 0 Å². The van der Waals surface area contributed by atoms with Gasteiger partial charge in [0.15, 0.2) is 0 Å². The molecule has 0 aromatic heterocycles. The monoisotopic (exact) mass is 200 g/mol. The van der Waals surface area contributed by atoms with Crippen LogP contribution in [0.25, 0.3) is 0 Å². The molecule has 0 amide bonds. The fourth-order valence-corrected chi connectivity index (χ4v) is 2.18. The number of nitrogens with two attached hydrogens (primary N) is 1. The summed E-state index contributed by atoms with van der Waals surface area (Å²) in [6.07, 6.45) is 7.88. The molecule has 84 valence electrons. The Balaban J connectivity index is 2.00. The van der Waals surface area contributed by atoms with Crippen LogP contribution >= 0.6 is 0 Å². The summed E-state index contributed by atoms with van der Waals surface area (Å²) in [4.78, 5) is 0. The molecular weight excluding hydrogens is 176 g/mol. The first-order valence-electron chi connectivity index (χ1n) is 5.84. The summed E-state index contributed by atoms with van der Waals surface area (Å²) in [5.41, 5.74) is 5.44. The van der Waals surface area contributed by atoms with Crippen LogP contribution in [0.4, 0.5) is 0 Å². The Morgan fingerprint density at radius 3 is 2.86 bits per heavy atom. The van der Waals surface area contributed by atoms with Gasteiger partial charge in [-0.3, -0.25) is 0 Å². The van der Waals surface area contributed by atoms with Crippen LogP contribution in [0.2, 0.25) is 0 Å². The molecule has 3 N–H and O–H groups in total. The summed E-state index contributed by atoms with van der Waals surface area (Å²) >= 11 is 0. The predicted molar refractivity (Wildman–Crippen MR) is 59.3 cm³/mol. The van der Waals surface area contributed by atoms with Gasteiger partial charge in [0.25, 0.3) is 0 Å². The van der Waals surface area contributed by atoms with Gasteiger partial charge in [0.2, 0.25) is 0 Å². The third-order valence-electron chi connectivity index (χ3n) is 3.04. The van der Waals surface area contributed by atoms with Gasteiger partial charge in [-0.25, -0.2) is 0 Å². The fraction of sp³-hybridized carbons (Fsp3) is 1.00. The number of unbranched alkanes of at least 4 members (excludes halogenated alkanes) is 2. The van der Waals surface area contributed by atoms with Gasteiger partial charge >= 0.3 is 0 Å². The second-order valence-corrected chi connectivity index (χ2v) is 4.12. The van der Waals surface area contributed by atoms with E-state index in [9.17, 15) is 0 Å². The third-order valence-corrected chi connectivity index (χ3v) is 3.04. The number of ether oxygens (including phenoxy) is 1. The molecule has 3 heteroatoms. The lowest BCUT2D eigenvalue weighted by molar-refractivity contribution is 0.0852. The maximum atomic E-state index is 5.44. The molecule has 2 unspecified atom stereocenters. The zero-order chi connectivity index (χ0) is 10.2. The number of methoxy groups -OCH3 is 1. The van der Waals surface area contributed by atoms with Gasteiger partial charge in [-0.05, 0) is 45.2 Å². The lowest BCUT2D eigenvalue weighted by Crippen LogP contribution is -2.37. The van der Waals surface area contributed by atoms with E-state index in [0.717, 1.165) is 19.5 Å². The van der Waals surface area contributed by atoms with E-state index in [2.05, 4.69) is 5.32 Å². The predicted octanol–water partition coefficient (Wildman–Crippen LogP) is 1.27. The van der Waals surface area contributed by atoms with Crippen molar-refractivity contribution < 1.29 is 4.74 Å². The normalized spacial score (nSPS) is 27.0. The summed E-state index contributed by atoms with van der Waals surface area (Å²) in [5, 5.41) is 3.58. The van der Waals surface area contributed by atoms with E-state index in [1.807, 2.05) is 7.11 Å². The Kier molecular flexibility index (Phi) is 6.15. The molecule has 0 aromatic rings. The van der Waals surface area contributed by atoms with E-state index >= 15 is 0 Å². The van der Waals surface area contributed by atoms with Crippen molar-refractivity contribution >= 4 is 0 Å². The second-order valence-electron chi connectivity index (χ2n) is 4.12. The van der Waals surface area contributed by atoms with Crippen LogP contribution in [0.3, 0.4) is 0 Å². The average molecular weight is 200 g/mol. The Morgan fingerprint density at radius 1 is 1.29 bits per heavy atom. The zero-order valence-electron chi connectivity index (χ0n) is 9.30. The van der Waals surface area contributed by atoms with Crippen LogP contribution in [-0.4, -0.2) is 32.3 Å². The van der Waals surface area contributed by atoms with Crippen LogP contribution in [0.15, 0.2) is 0 Å². The molecule has 1 aliphatic carbocycles. The molecule has 0 aliphatic heterocycles. The van der Waals surface area contributed by atoms with Crippen molar-refractivity contribution in [3.63, 3.8) is 0 Å². The smallest absolute Gasteiger partial charge is 0.0724 e. The number of rotatable bonds is 7. The van der Waals surface area contributed by atoms with E-state index in [1.165, 1.54) is 32.1 Å². The quantitative estimate of drug-likeness (QED) is 0.608. The minimum Gasteiger partial charge on any atom is -0.380 e. The van der Waals surface area contributed by atoms with E-state index in [-0.39, 0.29) is 0 Å². The molecule has 0 bridgehead atoms. The molecule has 1 rings (SSSR count). The summed E-state index contributed by atoms with van der Waals surface area (Å²) in [6.45, 7) is 1.94. The Hall–Kier alpha value is -0.120. The van der Waals surface area contributed by atoms with Crippen molar-refractivity contribution in [3.8, 4) is 0 Å². The molecule has 0 aromatic carbocycles. The average Bonchev–Trinajstić information content (AvgIpc) is 2.65. The number of hydrogen-bond donors (Lipinski definition) is 2. The molecule has 0 saturated heterocycles. The maximum absolute atomic E-state index is 5.44.